The Labute approximate surface area is 360 Å². The highest BCUT2D eigenvalue weighted by Crippen LogP contribution is 2.62. The van der Waals surface area contributed by atoms with Crippen LogP contribution in [0.3, 0.4) is 0 Å². The number of benzene rings is 1. The average Bonchev–Trinajstić information content (AvgIpc) is 4.10. The van der Waals surface area contributed by atoms with E-state index in [-0.39, 0.29) is 49.4 Å². The molecule has 1 saturated carbocycles. The minimum atomic E-state index is -1.24. The van der Waals surface area contributed by atoms with Gasteiger partial charge in [0.1, 0.15) is 24.1 Å². The standard InChI is InChI=1S/C49H77N3O8/c1-4-6-7-8-9-10-11-12-13-22-45(55)51(3)44-36-42(50-60-46-23-16-19-32-57-46)40-34-37(20-14-17-29-53)39(21-15-18-30-54)47-41-35-38(56-33-28-52-26-27-52)24-25-43(41)59-49(44,48(40)47)58-31-5-2/h5,24-25,34-35,37,39,44,46-48,53-54H,2,4,6-23,26-33,36H2,1,3H3. The van der Waals surface area contributed by atoms with Gasteiger partial charge in [0.2, 0.25) is 18.0 Å². The molecule has 7 unspecified atom stereocenters. The van der Waals surface area contributed by atoms with Crippen LogP contribution in [0.15, 0.2) is 47.7 Å². The van der Waals surface area contributed by atoms with E-state index in [1.54, 1.807) is 6.08 Å². The summed E-state index contributed by atoms with van der Waals surface area (Å²) in [5.74, 6) is 0.317. The van der Waals surface area contributed by atoms with Crippen molar-refractivity contribution in [3.8, 4) is 11.5 Å². The van der Waals surface area contributed by atoms with Gasteiger partial charge in [-0.05, 0) is 80.6 Å². The molecule has 336 valence electrons. The van der Waals surface area contributed by atoms with Gasteiger partial charge in [-0.15, -0.1) is 6.58 Å². The van der Waals surface area contributed by atoms with Crippen molar-refractivity contribution in [1.82, 2.24) is 9.80 Å². The van der Waals surface area contributed by atoms with Crippen LogP contribution in [0, 0.1) is 17.8 Å². The van der Waals surface area contributed by atoms with Crippen molar-refractivity contribution in [1.29, 1.82) is 0 Å². The van der Waals surface area contributed by atoms with Crippen LogP contribution in [-0.2, 0) is 19.1 Å². The number of nitrogens with zero attached hydrogens (tertiary/aromatic N) is 3. The molecule has 2 aliphatic carbocycles. The molecule has 1 aromatic carbocycles. The van der Waals surface area contributed by atoms with Crippen molar-refractivity contribution in [2.45, 2.75) is 159 Å². The van der Waals surface area contributed by atoms with Crippen molar-refractivity contribution in [2.24, 2.45) is 22.9 Å². The van der Waals surface area contributed by atoms with Gasteiger partial charge in [-0.3, -0.25) is 9.69 Å². The van der Waals surface area contributed by atoms with Crippen molar-refractivity contribution in [3.63, 3.8) is 0 Å². The third kappa shape index (κ3) is 12.1. The molecule has 0 spiro atoms. The summed E-state index contributed by atoms with van der Waals surface area (Å²) in [6, 6.07) is 5.71. The van der Waals surface area contributed by atoms with Gasteiger partial charge in [-0.25, -0.2) is 0 Å². The van der Waals surface area contributed by atoms with Crippen LogP contribution in [0.25, 0.3) is 0 Å². The number of carbonyl (C=O) groups excluding carboxylic acids is 1. The predicted octanol–water partition coefficient (Wildman–Crippen LogP) is 8.92. The highest BCUT2D eigenvalue weighted by Gasteiger charge is 2.65. The maximum Gasteiger partial charge on any atom is 0.239 e. The molecule has 2 N–H and O–H groups in total. The first-order chi connectivity index (χ1) is 29.4. The molecular formula is C49H77N3O8. The second-order valence-electron chi connectivity index (χ2n) is 17.9. The Balaban J connectivity index is 1.39. The third-order valence-electron chi connectivity index (χ3n) is 13.6. The summed E-state index contributed by atoms with van der Waals surface area (Å²) >= 11 is 0. The Kier molecular flexibility index (Phi) is 18.6. The summed E-state index contributed by atoms with van der Waals surface area (Å²) in [7, 11) is 1.91. The maximum atomic E-state index is 14.4. The van der Waals surface area contributed by atoms with E-state index in [1.165, 1.54) is 38.5 Å². The number of fused-ring (bicyclic) bond motifs is 2. The Morgan fingerprint density at radius 3 is 2.45 bits per heavy atom. The molecule has 3 fully saturated rings. The molecule has 5 aliphatic rings. The number of aliphatic hydroxyl groups is 2. The summed E-state index contributed by atoms with van der Waals surface area (Å²) in [6.45, 7) is 11.3. The minimum Gasteiger partial charge on any atom is -0.492 e. The largest absolute Gasteiger partial charge is 0.492 e. The number of allylic oxidation sites excluding steroid dienone is 1. The SMILES string of the molecule is C=CCOC12Oc3ccc(OCCN4CC4)cc3C3C(CCCCO)C(CCCCO)C=C(C(=NOC4CCCCO4)CC1N(C)C(=O)CCCCCCCCCCC)C32. The molecule has 3 heterocycles. The fraction of sp³-hybridized carbons (Fsp3) is 0.755. The van der Waals surface area contributed by atoms with E-state index in [2.05, 4.69) is 30.5 Å². The second-order valence-corrected chi connectivity index (χ2v) is 17.9. The Bertz CT molecular complexity index is 1540. The molecule has 2 saturated heterocycles. The number of carbonyl (C=O) groups is 1. The monoisotopic (exact) mass is 836 g/mol. The summed E-state index contributed by atoms with van der Waals surface area (Å²) in [5, 5.41) is 24.8. The van der Waals surface area contributed by atoms with Gasteiger partial charge in [-0.2, -0.15) is 0 Å². The van der Waals surface area contributed by atoms with Gasteiger partial charge < -0.3 is 38.9 Å². The molecule has 60 heavy (non-hydrogen) atoms. The van der Waals surface area contributed by atoms with Crippen molar-refractivity contribution < 1.29 is 38.8 Å². The zero-order chi connectivity index (χ0) is 42.2. The average molecular weight is 836 g/mol. The third-order valence-corrected chi connectivity index (χ3v) is 13.6. The number of rotatable bonds is 28. The van der Waals surface area contributed by atoms with E-state index in [1.807, 2.05) is 24.1 Å². The number of amides is 1. The molecule has 3 aliphatic heterocycles. The molecule has 1 aromatic rings. The first kappa shape index (κ1) is 46.5. The first-order valence-corrected chi connectivity index (χ1v) is 23.9. The molecule has 11 heteroatoms. The van der Waals surface area contributed by atoms with Gasteiger partial charge in [-0.1, -0.05) is 88.4 Å². The van der Waals surface area contributed by atoms with Crippen LogP contribution >= 0.6 is 0 Å². The van der Waals surface area contributed by atoms with E-state index in [0.717, 1.165) is 125 Å². The zero-order valence-electron chi connectivity index (χ0n) is 37.0. The molecular weight excluding hydrogens is 759 g/mol. The van der Waals surface area contributed by atoms with E-state index < -0.39 is 18.1 Å². The molecule has 0 radical (unpaired) electrons. The number of aliphatic hydroxyl groups excluding tert-OH is 2. The molecule has 1 amide bonds. The number of unbranched alkanes of at least 4 members (excludes halogenated alkanes) is 10. The molecule has 11 nitrogen and oxygen atoms in total. The number of hydrogen-bond acceptors (Lipinski definition) is 10. The Morgan fingerprint density at radius 1 is 1.00 bits per heavy atom. The van der Waals surface area contributed by atoms with Gasteiger partial charge in [0.05, 0.1) is 24.8 Å². The zero-order valence-corrected chi connectivity index (χ0v) is 37.0. The second kappa shape index (κ2) is 24.0. The highest BCUT2D eigenvalue weighted by atomic mass is 16.8. The lowest BCUT2D eigenvalue weighted by atomic mass is 9.55. The van der Waals surface area contributed by atoms with Crippen LogP contribution in [-0.4, -0.2) is 109 Å². The van der Waals surface area contributed by atoms with Crippen LogP contribution in [0.2, 0.25) is 0 Å². The minimum absolute atomic E-state index is 0.0751. The van der Waals surface area contributed by atoms with E-state index >= 15 is 0 Å². The van der Waals surface area contributed by atoms with Gasteiger partial charge in [0.15, 0.2) is 0 Å². The topological polar surface area (TPSA) is 122 Å². The van der Waals surface area contributed by atoms with Crippen molar-refractivity contribution >= 4 is 11.6 Å². The quantitative estimate of drug-likeness (QED) is 0.0369. The normalized spacial score (nSPS) is 27.7. The lowest BCUT2D eigenvalue weighted by Gasteiger charge is -2.59. The van der Waals surface area contributed by atoms with Crippen molar-refractivity contribution in [2.75, 3.05) is 59.7 Å². The number of hydrogen-bond donors (Lipinski definition) is 2. The van der Waals surface area contributed by atoms with E-state index in [9.17, 15) is 15.0 Å². The van der Waals surface area contributed by atoms with Gasteiger partial charge in [0, 0.05) is 70.6 Å². The lowest BCUT2D eigenvalue weighted by molar-refractivity contribution is -0.256. The maximum absolute atomic E-state index is 14.4. The fourth-order valence-corrected chi connectivity index (χ4v) is 10.3. The summed E-state index contributed by atoms with van der Waals surface area (Å²) < 4.78 is 26.8. The summed E-state index contributed by atoms with van der Waals surface area (Å²) in [5.41, 5.74) is 2.93. The summed E-state index contributed by atoms with van der Waals surface area (Å²) in [6.07, 6.45) is 23.1. The van der Waals surface area contributed by atoms with Crippen LogP contribution in [0.1, 0.15) is 147 Å². The number of oxime groups is 1. The summed E-state index contributed by atoms with van der Waals surface area (Å²) in [4.78, 5) is 24.9. The smallest absolute Gasteiger partial charge is 0.239 e. The van der Waals surface area contributed by atoms with E-state index in [4.69, 9.17) is 28.9 Å². The number of likely N-dealkylation sites (N-methyl/N-ethyl adjacent to an activating group) is 1. The molecule has 0 bridgehead atoms. The van der Waals surface area contributed by atoms with E-state index in [0.29, 0.717) is 26.1 Å². The van der Waals surface area contributed by atoms with Gasteiger partial charge >= 0.3 is 0 Å². The Hall–Kier alpha value is -2.96. The van der Waals surface area contributed by atoms with Crippen LogP contribution in [0.4, 0.5) is 0 Å². The van der Waals surface area contributed by atoms with Crippen LogP contribution in [0.5, 0.6) is 11.5 Å². The highest BCUT2D eigenvalue weighted by molar-refractivity contribution is 6.03. The lowest BCUT2D eigenvalue weighted by Crippen LogP contribution is -2.69. The number of ether oxygens (including phenoxy) is 4. The van der Waals surface area contributed by atoms with Crippen molar-refractivity contribution in [3.05, 3.63) is 48.1 Å². The molecule has 6 rings (SSSR count). The predicted molar refractivity (Wildman–Crippen MR) is 236 cm³/mol. The van der Waals surface area contributed by atoms with Gasteiger partial charge in [0.25, 0.3) is 0 Å². The first-order valence-electron chi connectivity index (χ1n) is 23.9. The Morgan fingerprint density at radius 2 is 1.75 bits per heavy atom. The molecule has 0 aromatic heterocycles. The van der Waals surface area contributed by atoms with Crippen LogP contribution < -0.4 is 9.47 Å². The fourth-order valence-electron chi connectivity index (χ4n) is 10.3. The molecule has 7 atom stereocenters.